The molecule has 6 nitrogen and oxygen atoms in total. The van der Waals surface area contributed by atoms with Gasteiger partial charge in [0, 0.05) is 18.7 Å². The van der Waals surface area contributed by atoms with E-state index in [1.165, 1.54) is 14.2 Å². The number of hydrogen-bond donors (Lipinski definition) is 3. The molecule has 6 heteroatoms. The Balaban J connectivity index is 2.87. The van der Waals surface area contributed by atoms with Crippen molar-refractivity contribution < 1.29 is 19.7 Å². The number of carbonyl (C=O) groups is 1. The average molecular weight is 254 g/mol. The zero-order valence-corrected chi connectivity index (χ0v) is 10.7. The fourth-order valence-electron chi connectivity index (χ4n) is 1.45. The molecule has 0 spiro atoms. The van der Waals surface area contributed by atoms with E-state index in [9.17, 15) is 10.0 Å². The second kappa shape index (κ2) is 6.23. The number of carboxylic acids is 1. The van der Waals surface area contributed by atoms with E-state index in [0.717, 1.165) is 0 Å². The third kappa shape index (κ3) is 3.61. The highest BCUT2D eigenvalue weighted by molar-refractivity contribution is 5.71. The van der Waals surface area contributed by atoms with Gasteiger partial charge in [0.1, 0.15) is 11.4 Å². The largest absolute Gasteiger partial charge is 0.629 e. The van der Waals surface area contributed by atoms with E-state index in [0.29, 0.717) is 17.1 Å². The first-order valence-electron chi connectivity index (χ1n) is 5.61. The van der Waals surface area contributed by atoms with Gasteiger partial charge < -0.3 is 25.4 Å². The SMILES string of the molecule is COc1ccc([NH+](C)[O-])c(NCC(C)C(=O)O)c1. The predicted octanol–water partition coefficient (Wildman–Crippen LogP) is 0.472. The lowest BCUT2D eigenvalue weighted by atomic mass is 10.1. The van der Waals surface area contributed by atoms with Gasteiger partial charge in [-0.3, -0.25) is 4.79 Å². The Morgan fingerprint density at radius 3 is 2.78 bits per heavy atom. The highest BCUT2D eigenvalue weighted by Crippen LogP contribution is 2.24. The van der Waals surface area contributed by atoms with Gasteiger partial charge in [-0.25, -0.2) is 0 Å². The first-order valence-corrected chi connectivity index (χ1v) is 5.61. The van der Waals surface area contributed by atoms with Crippen molar-refractivity contribution in [2.24, 2.45) is 5.92 Å². The maximum Gasteiger partial charge on any atom is 0.308 e. The van der Waals surface area contributed by atoms with Gasteiger partial charge >= 0.3 is 5.97 Å². The topological polar surface area (TPSA) is 86.1 Å². The molecule has 2 atom stereocenters. The Kier molecular flexibility index (Phi) is 4.94. The second-order valence-electron chi connectivity index (χ2n) is 4.09. The van der Waals surface area contributed by atoms with Crippen LogP contribution in [0.5, 0.6) is 5.75 Å². The van der Waals surface area contributed by atoms with Crippen LogP contribution in [-0.2, 0) is 4.79 Å². The van der Waals surface area contributed by atoms with E-state index >= 15 is 0 Å². The van der Waals surface area contributed by atoms with Gasteiger partial charge in [-0.2, -0.15) is 0 Å². The van der Waals surface area contributed by atoms with Gasteiger partial charge in [0.25, 0.3) is 0 Å². The van der Waals surface area contributed by atoms with Crippen LogP contribution in [0.25, 0.3) is 0 Å². The number of quaternary nitrogens is 1. The number of benzene rings is 1. The quantitative estimate of drug-likeness (QED) is 0.642. The number of rotatable bonds is 6. The number of carboxylic acid groups (broad SMARTS) is 1. The molecule has 100 valence electrons. The molecule has 1 aromatic rings. The van der Waals surface area contributed by atoms with E-state index < -0.39 is 11.9 Å². The fourth-order valence-corrected chi connectivity index (χ4v) is 1.45. The summed E-state index contributed by atoms with van der Waals surface area (Å²) in [5.74, 6) is -0.795. The Bertz CT molecular complexity index is 421. The van der Waals surface area contributed by atoms with Gasteiger partial charge in [0.05, 0.1) is 20.1 Å². The van der Waals surface area contributed by atoms with E-state index in [2.05, 4.69) is 5.32 Å². The molecule has 0 fully saturated rings. The Morgan fingerprint density at radius 1 is 1.61 bits per heavy atom. The van der Waals surface area contributed by atoms with Crippen LogP contribution in [0.4, 0.5) is 11.4 Å². The van der Waals surface area contributed by atoms with Crippen LogP contribution in [0.1, 0.15) is 6.92 Å². The summed E-state index contributed by atoms with van der Waals surface area (Å²) in [4.78, 5) is 10.7. The summed E-state index contributed by atoms with van der Waals surface area (Å²) in [6.07, 6.45) is 0. The number of hydroxylamine groups is 1. The van der Waals surface area contributed by atoms with E-state index in [-0.39, 0.29) is 11.6 Å². The van der Waals surface area contributed by atoms with Crippen molar-refractivity contribution >= 4 is 17.3 Å². The number of nitrogens with one attached hydrogen (secondary N) is 2. The summed E-state index contributed by atoms with van der Waals surface area (Å²) < 4.78 is 5.08. The molecule has 0 bridgehead atoms. The number of hydrogen-bond acceptors (Lipinski definition) is 4. The minimum Gasteiger partial charge on any atom is -0.629 e. The molecule has 2 unspecified atom stereocenters. The van der Waals surface area contributed by atoms with Crippen molar-refractivity contribution in [3.63, 3.8) is 0 Å². The van der Waals surface area contributed by atoms with Crippen molar-refractivity contribution in [1.29, 1.82) is 0 Å². The molecule has 0 heterocycles. The Morgan fingerprint density at radius 2 is 2.28 bits per heavy atom. The number of anilines is 1. The van der Waals surface area contributed by atoms with Gasteiger partial charge in [0.15, 0.2) is 5.69 Å². The standard InChI is InChI=1S/C12H18N2O4/c1-8(12(15)16)7-13-10-6-9(18-3)4-5-11(10)14(2)17/h4-6,8,13-14H,7H2,1-3H3,(H,15,16). The van der Waals surface area contributed by atoms with Crippen molar-refractivity contribution in [1.82, 2.24) is 0 Å². The lowest BCUT2D eigenvalue weighted by Gasteiger charge is -2.21. The third-order valence-corrected chi connectivity index (χ3v) is 2.63. The third-order valence-electron chi connectivity index (χ3n) is 2.63. The number of ether oxygens (including phenoxy) is 1. The smallest absolute Gasteiger partial charge is 0.308 e. The van der Waals surface area contributed by atoms with Crippen LogP contribution in [0, 0.1) is 11.1 Å². The summed E-state index contributed by atoms with van der Waals surface area (Å²) in [6, 6.07) is 5.04. The number of methoxy groups -OCH3 is 1. The van der Waals surface area contributed by atoms with Gasteiger partial charge in [-0.15, -0.1) is 0 Å². The molecule has 0 amide bonds. The van der Waals surface area contributed by atoms with Crippen molar-refractivity contribution in [2.75, 3.05) is 26.0 Å². The van der Waals surface area contributed by atoms with Crippen LogP contribution in [0.15, 0.2) is 18.2 Å². The highest BCUT2D eigenvalue weighted by Gasteiger charge is 2.13. The molecule has 0 aliphatic heterocycles. The molecule has 0 aliphatic carbocycles. The molecular weight excluding hydrogens is 236 g/mol. The maximum atomic E-state index is 11.4. The lowest BCUT2D eigenvalue weighted by molar-refractivity contribution is -0.750. The minimum atomic E-state index is -0.880. The summed E-state index contributed by atoms with van der Waals surface area (Å²) >= 11 is 0. The highest BCUT2D eigenvalue weighted by atomic mass is 16.5. The monoisotopic (exact) mass is 254 g/mol. The van der Waals surface area contributed by atoms with Gasteiger partial charge in [0.2, 0.25) is 0 Å². The van der Waals surface area contributed by atoms with E-state index in [1.807, 2.05) is 0 Å². The number of aliphatic carboxylic acids is 1. The maximum absolute atomic E-state index is 11.4. The molecule has 0 aromatic heterocycles. The summed E-state index contributed by atoms with van der Waals surface area (Å²) in [6.45, 7) is 1.85. The molecule has 18 heavy (non-hydrogen) atoms. The first-order chi connectivity index (χ1) is 8.45. The molecule has 0 aliphatic rings. The lowest BCUT2D eigenvalue weighted by Crippen LogP contribution is -2.98. The fraction of sp³-hybridized carbons (Fsp3) is 0.417. The molecule has 0 saturated carbocycles. The average Bonchev–Trinajstić information content (AvgIpc) is 2.34. The molecule has 3 N–H and O–H groups in total. The van der Waals surface area contributed by atoms with E-state index in [1.54, 1.807) is 25.1 Å². The molecular formula is C12H18N2O4. The Hall–Kier alpha value is -1.79. The molecule has 0 radical (unpaired) electrons. The van der Waals surface area contributed by atoms with Gasteiger partial charge in [-0.1, -0.05) is 6.92 Å². The van der Waals surface area contributed by atoms with Crippen molar-refractivity contribution in [3.05, 3.63) is 23.4 Å². The van der Waals surface area contributed by atoms with Crippen LogP contribution >= 0.6 is 0 Å². The normalized spacial score (nSPS) is 13.8. The van der Waals surface area contributed by atoms with Crippen LogP contribution in [-0.4, -0.2) is 31.8 Å². The minimum absolute atomic E-state index is 0.0804. The summed E-state index contributed by atoms with van der Waals surface area (Å²) in [5, 5.41) is 23.1. The van der Waals surface area contributed by atoms with E-state index in [4.69, 9.17) is 9.84 Å². The van der Waals surface area contributed by atoms with Crippen LogP contribution in [0.2, 0.25) is 0 Å². The molecule has 1 rings (SSSR count). The first kappa shape index (κ1) is 14.3. The summed E-state index contributed by atoms with van der Waals surface area (Å²) in [5.41, 5.74) is 1.11. The predicted molar refractivity (Wildman–Crippen MR) is 68.2 cm³/mol. The van der Waals surface area contributed by atoms with Crippen LogP contribution in [0.3, 0.4) is 0 Å². The molecule has 1 aromatic carbocycles. The zero-order chi connectivity index (χ0) is 13.7. The van der Waals surface area contributed by atoms with Gasteiger partial charge in [-0.05, 0) is 6.07 Å². The van der Waals surface area contributed by atoms with Crippen LogP contribution < -0.4 is 15.1 Å². The molecule has 0 saturated heterocycles. The zero-order valence-electron chi connectivity index (χ0n) is 10.7. The van der Waals surface area contributed by atoms with Crippen molar-refractivity contribution in [3.8, 4) is 5.75 Å². The van der Waals surface area contributed by atoms with Crippen molar-refractivity contribution in [2.45, 2.75) is 6.92 Å². The second-order valence-corrected chi connectivity index (χ2v) is 4.09. The Labute approximate surface area is 106 Å². The summed E-state index contributed by atoms with van der Waals surface area (Å²) in [7, 11) is 3.00.